The van der Waals surface area contributed by atoms with Gasteiger partial charge in [-0.2, -0.15) is 0 Å². The Bertz CT molecular complexity index is 116. The maximum atomic E-state index is 10.3. The zero-order valence-electron chi connectivity index (χ0n) is 7.27. The number of carbonyl (C=O) groups excluding carboxylic acids is 1. The molecule has 0 heterocycles. The van der Waals surface area contributed by atoms with Crippen molar-refractivity contribution in [3.05, 3.63) is 11.8 Å². The van der Waals surface area contributed by atoms with E-state index < -0.39 is 0 Å². The predicted octanol–water partition coefficient (Wildman–Crippen LogP) is 1.85. The van der Waals surface area contributed by atoms with Crippen molar-refractivity contribution in [2.24, 2.45) is 5.73 Å². The molecule has 2 N–H and O–H groups in total. The topological polar surface area (TPSA) is 43.1 Å². The van der Waals surface area contributed by atoms with Crippen LogP contribution in [0.4, 0.5) is 0 Å². The van der Waals surface area contributed by atoms with Gasteiger partial charge in [-0.05, 0) is 19.4 Å². The maximum absolute atomic E-state index is 10.3. The zero-order valence-corrected chi connectivity index (χ0v) is 7.27. The third-order valence-electron chi connectivity index (χ3n) is 0.797. The Labute approximate surface area is 63.1 Å². The summed E-state index contributed by atoms with van der Waals surface area (Å²) in [7, 11) is 0. The van der Waals surface area contributed by atoms with Gasteiger partial charge in [-0.1, -0.05) is 20.8 Å². The van der Waals surface area contributed by atoms with Gasteiger partial charge in [-0.3, -0.25) is 4.79 Å². The lowest BCUT2D eigenvalue weighted by Gasteiger charge is -1.89. The first-order chi connectivity index (χ1) is 4.66. The van der Waals surface area contributed by atoms with Gasteiger partial charge in [0.05, 0.1) is 0 Å². The summed E-state index contributed by atoms with van der Waals surface area (Å²) in [5.74, 6) is 0.0179. The molecule has 0 aliphatic heterocycles. The molecule has 0 fully saturated rings. The standard InChI is InChI=1S/C6H11NO.C2H6/c1-3-6(7)4-5(2)8;1-2/h4H,3,7H2,1-2H3;1-2H3/b6-4-;. The quantitative estimate of drug-likeness (QED) is 0.599. The normalized spacial score (nSPS) is 9.80. The molecule has 0 unspecified atom stereocenters. The summed E-state index contributed by atoms with van der Waals surface area (Å²) >= 11 is 0. The average Bonchev–Trinajstić information content (AvgIpc) is 1.91. The number of nitrogens with two attached hydrogens (primary N) is 1. The summed E-state index contributed by atoms with van der Waals surface area (Å²) in [5, 5.41) is 0. The predicted molar refractivity (Wildman–Crippen MR) is 44.6 cm³/mol. The van der Waals surface area contributed by atoms with Gasteiger partial charge in [0.25, 0.3) is 0 Å². The summed E-state index contributed by atoms with van der Waals surface area (Å²) in [6.07, 6.45) is 2.19. The van der Waals surface area contributed by atoms with Crippen molar-refractivity contribution < 1.29 is 4.79 Å². The summed E-state index contributed by atoms with van der Waals surface area (Å²) in [6.45, 7) is 7.40. The number of hydrogen-bond donors (Lipinski definition) is 1. The average molecular weight is 143 g/mol. The number of allylic oxidation sites excluding steroid dienone is 2. The molecule has 0 radical (unpaired) electrons. The van der Waals surface area contributed by atoms with Gasteiger partial charge >= 0.3 is 0 Å². The van der Waals surface area contributed by atoms with Crippen molar-refractivity contribution in [3.63, 3.8) is 0 Å². The molecule has 0 atom stereocenters. The van der Waals surface area contributed by atoms with E-state index in [-0.39, 0.29) is 5.78 Å². The van der Waals surface area contributed by atoms with Crippen LogP contribution in [0.2, 0.25) is 0 Å². The van der Waals surface area contributed by atoms with E-state index in [0.717, 1.165) is 6.42 Å². The van der Waals surface area contributed by atoms with Gasteiger partial charge in [-0.25, -0.2) is 0 Å². The number of ketones is 1. The molecule has 2 heteroatoms. The largest absolute Gasteiger partial charge is 0.402 e. The second-order valence-corrected chi connectivity index (χ2v) is 1.68. The minimum absolute atomic E-state index is 0.0179. The first-order valence-corrected chi connectivity index (χ1v) is 3.63. The van der Waals surface area contributed by atoms with Crippen molar-refractivity contribution in [1.29, 1.82) is 0 Å². The summed E-state index contributed by atoms with van der Waals surface area (Å²) in [4.78, 5) is 10.3. The summed E-state index contributed by atoms with van der Waals surface area (Å²) < 4.78 is 0. The molecule has 2 nitrogen and oxygen atoms in total. The van der Waals surface area contributed by atoms with Gasteiger partial charge in [-0.15, -0.1) is 0 Å². The molecule has 0 spiro atoms. The number of carbonyl (C=O) groups is 1. The lowest BCUT2D eigenvalue weighted by molar-refractivity contribution is -0.112. The van der Waals surface area contributed by atoms with E-state index in [2.05, 4.69) is 0 Å². The fraction of sp³-hybridized carbons (Fsp3) is 0.625. The van der Waals surface area contributed by atoms with Crippen LogP contribution in [0, 0.1) is 0 Å². The molecule has 0 aromatic heterocycles. The Morgan fingerprint density at radius 3 is 2.00 bits per heavy atom. The van der Waals surface area contributed by atoms with Crippen LogP contribution >= 0.6 is 0 Å². The Hall–Kier alpha value is -0.790. The van der Waals surface area contributed by atoms with Crippen molar-refractivity contribution in [1.82, 2.24) is 0 Å². The van der Waals surface area contributed by atoms with Crippen LogP contribution in [0.25, 0.3) is 0 Å². The highest BCUT2D eigenvalue weighted by Gasteiger charge is 1.85. The lowest BCUT2D eigenvalue weighted by atomic mass is 10.3. The molecule has 60 valence electrons. The molecule has 0 aliphatic carbocycles. The van der Waals surface area contributed by atoms with E-state index in [1.165, 1.54) is 13.0 Å². The molecule has 10 heavy (non-hydrogen) atoms. The third-order valence-corrected chi connectivity index (χ3v) is 0.797. The highest BCUT2D eigenvalue weighted by atomic mass is 16.1. The Morgan fingerprint density at radius 1 is 1.50 bits per heavy atom. The van der Waals surface area contributed by atoms with Crippen LogP contribution in [0.3, 0.4) is 0 Å². The van der Waals surface area contributed by atoms with E-state index in [1.54, 1.807) is 0 Å². The van der Waals surface area contributed by atoms with Crippen molar-refractivity contribution in [2.45, 2.75) is 34.1 Å². The molecule has 0 aliphatic rings. The Kier molecular flexibility index (Phi) is 9.80. The highest BCUT2D eigenvalue weighted by Crippen LogP contribution is 1.88. The minimum Gasteiger partial charge on any atom is -0.402 e. The monoisotopic (exact) mass is 143 g/mol. The molecular weight excluding hydrogens is 126 g/mol. The van der Waals surface area contributed by atoms with Gasteiger partial charge in [0.15, 0.2) is 5.78 Å². The van der Waals surface area contributed by atoms with Crippen molar-refractivity contribution in [3.8, 4) is 0 Å². The van der Waals surface area contributed by atoms with Gasteiger partial charge < -0.3 is 5.73 Å². The van der Waals surface area contributed by atoms with Crippen LogP contribution in [-0.2, 0) is 4.79 Å². The summed E-state index contributed by atoms with van der Waals surface area (Å²) in [6, 6.07) is 0. The van der Waals surface area contributed by atoms with Crippen LogP contribution in [0.15, 0.2) is 11.8 Å². The van der Waals surface area contributed by atoms with E-state index in [9.17, 15) is 4.79 Å². The van der Waals surface area contributed by atoms with Gasteiger partial charge in [0, 0.05) is 5.70 Å². The van der Waals surface area contributed by atoms with Crippen molar-refractivity contribution in [2.75, 3.05) is 0 Å². The first kappa shape index (κ1) is 11.9. The van der Waals surface area contributed by atoms with Gasteiger partial charge in [0.2, 0.25) is 0 Å². The second kappa shape index (κ2) is 8.21. The maximum Gasteiger partial charge on any atom is 0.154 e. The molecule has 0 saturated carbocycles. The molecule has 0 saturated heterocycles. The SMILES string of the molecule is CC.CC/C(N)=C/C(C)=O. The van der Waals surface area contributed by atoms with E-state index in [0.29, 0.717) is 5.70 Å². The van der Waals surface area contributed by atoms with Crippen LogP contribution < -0.4 is 5.73 Å². The van der Waals surface area contributed by atoms with E-state index in [1.807, 2.05) is 20.8 Å². The number of hydrogen-bond acceptors (Lipinski definition) is 2. The zero-order chi connectivity index (χ0) is 8.57. The fourth-order valence-corrected chi connectivity index (χ4v) is 0.363. The second-order valence-electron chi connectivity index (χ2n) is 1.68. The molecule has 0 rings (SSSR count). The highest BCUT2D eigenvalue weighted by molar-refractivity contribution is 5.87. The molecule has 0 bridgehead atoms. The van der Waals surface area contributed by atoms with Crippen LogP contribution in [0.1, 0.15) is 34.1 Å². The Balaban J connectivity index is 0. The lowest BCUT2D eigenvalue weighted by Crippen LogP contribution is -1.97. The van der Waals surface area contributed by atoms with Crippen molar-refractivity contribution >= 4 is 5.78 Å². The minimum atomic E-state index is 0.0179. The fourth-order valence-electron chi connectivity index (χ4n) is 0.363. The Morgan fingerprint density at radius 2 is 1.90 bits per heavy atom. The van der Waals surface area contributed by atoms with Crippen LogP contribution in [-0.4, -0.2) is 5.78 Å². The third kappa shape index (κ3) is 10.2. The molecular formula is C8H17NO. The molecule has 0 aromatic rings. The smallest absolute Gasteiger partial charge is 0.154 e. The molecule has 0 amide bonds. The van der Waals surface area contributed by atoms with Gasteiger partial charge in [0.1, 0.15) is 0 Å². The van der Waals surface area contributed by atoms with E-state index in [4.69, 9.17) is 5.73 Å². The van der Waals surface area contributed by atoms with E-state index >= 15 is 0 Å². The number of rotatable bonds is 2. The first-order valence-electron chi connectivity index (χ1n) is 3.63. The van der Waals surface area contributed by atoms with Crippen LogP contribution in [0.5, 0.6) is 0 Å². The molecule has 0 aromatic carbocycles. The summed E-state index contributed by atoms with van der Waals surface area (Å²) in [5.41, 5.74) is 5.96.